The van der Waals surface area contributed by atoms with E-state index in [1.807, 2.05) is 0 Å². The van der Waals surface area contributed by atoms with Crippen molar-refractivity contribution in [2.24, 2.45) is 11.7 Å². The highest BCUT2D eigenvalue weighted by atomic mass is 16.5. The molecule has 0 fully saturated rings. The molecule has 0 bridgehead atoms. The summed E-state index contributed by atoms with van der Waals surface area (Å²) in [5.41, 5.74) is 5.85. The molecule has 3 heteroatoms. The van der Waals surface area contributed by atoms with Gasteiger partial charge in [-0.05, 0) is 25.8 Å². The van der Waals surface area contributed by atoms with Gasteiger partial charge in [-0.1, -0.05) is 19.1 Å². The molecule has 88 valence electrons. The number of likely N-dealkylation sites (N-methyl/N-ethyl adjacent to an activating group) is 1. The molecule has 1 aliphatic carbocycles. The Kier molecular flexibility index (Phi) is 5.29. The third kappa shape index (κ3) is 3.93. The van der Waals surface area contributed by atoms with Gasteiger partial charge in [0.25, 0.3) is 0 Å². The predicted molar refractivity (Wildman–Crippen MR) is 63.8 cm³/mol. The molecule has 0 spiro atoms. The van der Waals surface area contributed by atoms with Crippen LogP contribution in [0.15, 0.2) is 12.2 Å². The molecule has 0 radical (unpaired) electrons. The van der Waals surface area contributed by atoms with Gasteiger partial charge in [0, 0.05) is 25.7 Å². The maximum Gasteiger partial charge on any atom is 0.0615 e. The van der Waals surface area contributed by atoms with Crippen LogP contribution >= 0.6 is 0 Å². The lowest BCUT2D eigenvalue weighted by molar-refractivity contribution is 0.0956. The van der Waals surface area contributed by atoms with Gasteiger partial charge in [-0.25, -0.2) is 0 Å². The lowest BCUT2D eigenvalue weighted by atomic mass is 10.1. The van der Waals surface area contributed by atoms with E-state index in [0.29, 0.717) is 12.0 Å². The van der Waals surface area contributed by atoms with Gasteiger partial charge in [0.1, 0.15) is 0 Å². The molecule has 3 atom stereocenters. The maximum absolute atomic E-state index is 5.85. The van der Waals surface area contributed by atoms with Gasteiger partial charge in [-0.2, -0.15) is 0 Å². The second-order valence-corrected chi connectivity index (χ2v) is 4.44. The quantitative estimate of drug-likeness (QED) is 0.673. The van der Waals surface area contributed by atoms with Crippen LogP contribution in [0.4, 0.5) is 0 Å². The molecule has 3 unspecified atom stereocenters. The normalized spacial score (nSPS) is 27.5. The fraction of sp³-hybridized carbons (Fsp3) is 0.833. The zero-order chi connectivity index (χ0) is 11.3. The van der Waals surface area contributed by atoms with E-state index in [1.54, 1.807) is 7.11 Å². The first-order valence-corrected chi connectivity index (χ1v) is 5.84. The van der Waals surface area contributed by atoms with E-state index in [4.69, 9.17) is 10.5 Å². The third-order valence-electron chi connectivity index (χ3n) is 3.11. The van der Waals surface area contributed by atoms with Crippen molar-refractivity contribution in [2.75, 3.05) is 26.8 Å². The monoisotopic (exact) mass is 212 g/mol. The minimum atomic E-state index is 0.270. The van der Waals surface area contributed by atoms with Gasteiger partial charge < -0.3 is 10.5 Å². The first kappa shape index (κ1) is 12.7. The van der Waals surface area contributed by atoms with Gasteiger partial charge in [0.05, 0.1) is 6.61 Å². The summed E-state index contributed by atoms with van der Waals surface area (Å²) in [5, 5.41) is 0. The van der Waals surface area contributed by atoms with Crippen LogP contribution in [0.3, 0.4) is 0 Å². The molecule has 1 aliphatic rings. The Bertz CT molecular complexity index is 206. The molecule has 1 rings (SSSR count). The largest absolute Gasteiger partial charge is 0.383 e. The summed E-state index contributed by atoms with van der Waals surface area (Å²) in [6.45, 7) is 7.39. The number of nitrogens with zero attached hydrogens (tertiary/aromatic N) is 1. The SMILES string of the molecule is CCN(CC1C=CC(N)C1)C(C)COC. The first-order chi connectivity index (χ1) is 7.17. The molecular weight excluding hydrogens is 188 g/mol. The Morgan fingerprint density at radius 3 is 2.73 bits per heavy atom. The number of hydrogen-bond acceptors (Lipinski definition) is 3. The van der Waals surface area contributed by atoms with Gasteiger partial charge in [-0.15, -0.1) is 0 Å². The Balaban J connectivity index is 2.36. The van der Waals surface area contributed by atoms with Crippen molar-refractivity contribution in [2.45, 2.75) is 32.4 Å². The van der Waals surface area contributed by atoms with Crippen molar-refractivity contribution in [1.29, 1.82) is 0 Å². The number of nitrogens with two attached hydrogens (primary N) is 1. The Morgan fingerprint density at radius 1 is 1.53 bits per heavy atom. The third-order valence-corrected chi connectivity index (χ3v) is 3.11. The molecule has 0 heterocycles. The van der Waals surface area contributed by atoms with Crippen LogP contribution in [0.1, 0.15) is 20.3 Å². The van der Waals surface area contributed by atoms with Gasteiger partial charge >= 0.3 is 0 Å². The summed E-state index contributed by atoms with van der Waals surface area (Å²) in [6, 6.07) is 0.761. The number of methoxy groups -OCH3 is 1. The molecule has 0 aromatic carbocycles. The fourth-order valence-corrected chi connectivity index (χ4v) is 2.21. The fourth-order valence-electron chi connectivity index (χ4n) is 2.21. The zero-order valence-electron chi connectivity index (χ0n) is 10.1. The Morgan fingerprint density at radius 2 is 2.27 bits per heavy atom. The molecule has 3 nitrogen and oxygen atoms in total. The van der Waals surface area contributed by atoms with Crippen LogP contribution in [-0.4, -0.2) is 43.8 Å². The highest BCUT2D eigenvalue weighted by Crippen LogP contribution is 2.18. The molecular formula is C12H24N2O. The van der Waals surface area contributed by atoms with Crippen LogP contribution in [0.25, 0.3) is 0 Å². The highest BCUT2D eigenvalue weighted by molar-refractivity contribution is 5.05. The van der Waals surface area contributed by atoms with Crippen LogP contribution in [0.2, 0.25) is 0 Å². The second-order valence-electron chi connectivity index (χ2n) is 4.44. The second kappa shape index (κ2) is 6.26. The molecule has 0 aliphatic heterocycles. The van der Waals surface area contributed by atoms with Crippen LogP contribution in [0, 0.1) is 5.92 Å². The van der Waals surface area contributed by atoms with Crippen molar-refractivity contribution in [3.05, 3.63) is 12.2 Å². The standard InChI is InChI=1S/C12H24N2O/c1-4-14(10(2)9-15-3)8-11-5-6-12(13)7-11/h5-6,10-12H,4,7-9,13H2,1-3H3. The number of ether oxygens (including phenoxy) is 1. The summed E-state index contributed by atoms with van der Waals surface area (Å²) in [7, 11) is 1.76. The van der Waals surface area contributed by atoms with E-state index in [1.165, 1.54) is 0 Å². The predicted octanol–water partition coefficient (Wildman–Crippen LogP) is 1.25. The maximum atomic E-state index is 5.85. The molecule has 0 saturated carbocycles. The minimum Gasteiger partial charge on any atom is -0.383 e. The van der Waals surface area contributed by atoms with Crippen LogP contribution in [0.5, 0.6) is 0 Å². The van der Waals surface area contributed by atoms with Crippen molar-refractivity contribution in [1.82, 2.24) is 4.90 Å². The van der Waals surface area contributed by atoms with E-state index >= 15 is 0 Å². The first-order valence-electron chi connectivity index (χ1n) is 5.84. The van der Waals surface area contributed by atoms with Gasteiger partial charge in [-0.3, -0.25) is 4.90 Å². The Hall–Kier alpha value is -0.380. The van der Waals surface area contributed by atoms with E-state index in [9.17, 15) is 0 Å². The van der Waals surface area contributed by atoms with Crippen molar-refractivity contribution in [3.8, 4) is 0 Å². The number of hydrogen-bond donors (Lipinski definition) is 1. The summed E-state index contributed by atoms with van der Waals surface area (Å²) >= 11 is 0. The molecule has 0 saturated heterocycles. The lowest BCUT2D eigenvalue weighted by Gasteiger charge is -2.29. The Labute approximate surface area is 93.3 Å². The van der Waals surface area contributed by atoms with Crippen LogP contribution < -0.4 is 5.73 Å². The smallest absolute Gasteiger partial charge is 0.0615 e. The average Bonchev–Trinajstić information content (AvgIpc) is 2.61. The summed E-state index contributed by atoms with van der Waals surface area (Å²) < 4.78 is 5.19. The van der Waals surface area contributed by atoms with E-state index in [-0.39, 0.29) is 6.04 Å². The molecule has 0 aromatic heterocycles. The van der Waals surface area contributed by atoms with Crippen molar-refractivity contribution >= 4 is 0 Å². The summed E-state index contributed by atoms with van der Waals surface area (Å²) in [6.07, 6.45) is 5.47. The molecule has 0 amide bonds. The molecule has 2 N–H and O–H groups in total. The van der Waals surface area contributed by atoms with E-state index in [2.05, 4.69) is 30.9 Å². The average molecular weight is 212 g/mol. The summed E-state index contributed by atoms with van der Waals surface area (Å²) in [4.78, 5) is 2.45. The topological polar surface area (TPSA) is 38.5 Å². The van der Waals surface area contributed by atoms with Gasteiger partial charge in [0.15, 0.2) is 0 Å². The summed E-state index contributed by atoms with van der Waals surface area (Å²) in [5.74, 6) is 0.624. The molecule has 0 aromatic rings. The molecule has 15 heavy (non-hydrogen) atoms. The number of rotatable bonds is 6. The lowest BCUT2D eigenvalue weighted by Crippen LogP contribution is -2.39. The minimum absolute atomic E-state index is 0.270. The van der Waals surface area contributed by atoms with E-state index in [0.717, 1.165) is 26.1 Å². The highest BCUT2D eigenvalue weighted by Gasteiger charge is 2.20. The van der Waals surface area contributed by atoms with Gasteiger partial charge in [0.2, 0.25) is 0 Å². The van der Waals surface area contributed by atoms with Crippen molar-refractivity contribution < 1.29 is 4.74 Å². The van der Waals surface area contributed by atoms with E-state index < -0.39 is 0 Å². The van der Waals surface area contributed by atoms with Crippen molar-refractivity contribution in [3.63, 3.8) is 0 Å². The zero-order valence-corrected chi connectivity index (χ0v) is 10.1. The van der Waals surface area contributed by atoms with Crippen LogP contribution in [-0.2, 0) is 4.74 Å².